The molecule has 2 rings (SSSR count). The summed E-state index contributed by atoms with van der Waals surface area (Å²) in [6.07, 6.45) is 8.67. The van der Waals surface area contributed by atoms with Gasteiger partial charge in [0.25, 0.3) is 0 Å². The topological polar surface area (TPSA) is 45.5 Å². The summed E-state index contributed by atoms with van der Waals surface area (Å²) in [6, 6.07) is 2.07. The number of rotatable bonds is 7. The van der Waals surface area contributed by atoms with Crippen LogP contribution in [0.1, 0.15) is 64.1 Å². The molecule has 21 heavy (non-hydrogen) atoms. The highest BCUT2D eigenvalue weighted by molar-refractivity contribution is 5.21. The fourth-order valence-corrected chi connectivity index (χ4v) is 3.36. The average molecular weight is 292 g/mol. The van der Waals surface area contributed by atoms with Crippen LogP contribution >= 0.6 is 0 Å². The molecule has 4 heteroatoms. The maximum atomic E-state index is 11.8. The predicted molar refractivity (Wildman–Crippen MR) is 85.7 cm³/mol. The van der Waals surface area contributed by atoms with Crippen LogP contribution in [0.3, 0.4) is 0 Å². The van der Waals surface area contributed by atoms with Crippen molar-refractivity contribution in [1.29, 1.82) is 0 Å². The minimum Gasteiger partial charge on any atom is -0.503 e. The first-order valence-electron chi connectivity index (χ1n) is 8.32. The number of nitrogens with zero attached hydrogens (tertiary/aromatic N) is 2. The first-order chi connectivity index (χ1) is 10.2. The Bertz CT molecular complexity index is 498. The molecule has 0 radical (unpaired) electrons. The SMILES string of the molecule is CCCN(CCC)Cc1cc(=O)c(O)cn1C1CCCC1. The molecule has 0 spiro atoms. The summed E-state index contributed by atoms with van der Waals surface area (Å²) in [5.74, 6) is -0.122. The fraction of sp³-hybridized carbons (Fsp3) is 0.706. The summed E-state index contributed by atoms with van der Waals surface area (Å²) in [5, 5.41) is 9.78. The zero-order chi connectivity index (χ0) is 15.2. The lowest BCUT2D eigenvalue weighted by atomic mass is 10.2. The van der Waals surface area contributed by atoms with E-state index in [9.17, 15) is 9.90 Å². The molecule has 1 aromatic rings. The molecule has 1 aromatic heterocycles. The zero-order valence-corrected chi connectivity index (χ0v) is 13.3. The molecular formula is C17H28N2O2. The van der Waals surface area contributed by atoms with Crippen molar-refractivity contribution in [3.63, 3.8) is 0 Å². The third-order valence-electron chi connectivity index (χ3n) is 4.33. The van der Waals surface area contributed by atoms with Crippen LogP contribution in [0.4, 0.5) is 0 Å². The highest BCUT2D eigenvalue weighted by Gasteiger charge is 2.20. The highest BCUT2D eigenvalue weighted by atomic mass is 16.3. The molecule has 0 atom stereocenters. The largest absolute Gasteiger partial charge is 0.503 e. The molecule has 1 fully saturated rings. The number of hydrogen-bond donors (Lipinski definition) is 1. The second-order valence-corrected chi connectivity index (χ2v) is 6.14. The van der Waals surface area contributed by atoms with Crippen LogP contribution in [-0.2, 0) is 6.54 Å². The molecule has 0 unspecified atom stereocenters. The Hall–Kier alpha value is -1.29. The lowest BCUT2D eigenvalue weighted by molar-refractivity contribution is 0.255. The van der Waals surface area contributed by atoms with E-state index in [0.29, 0.717) is 6.04 Å². The van der Waals surface area contributed by atoms with Gasteiger partial charge >= 0.3 is 0 Å². The van der Waals surface area contributed by atoms with Crippen LogP contribution in [0.15, 0.2) is 17.1 Å². The third-order valence-corrected chi connectivity index (χ3v) is 4.33. The van der Waals surface area contributed by atoms with E-state index in [1.807, 2.05) is 0 Å². The molecule has 0 saturated heterocycles. The van der Waals surface area contributed by atoms with E-state index in [1.165, 1.54) is 12.8 Å². The second-order valence-electron chi connectivity index (χ2n) is 6.14. The van der Waals surface area contributed by atoms with Gasteiger partial charge in [-0.2, -0.15) is 0 Å². The summed E-state index contributed by atoms with van der Waals surface area (Å²) in [4.78, 5) is 14.2. The van der Waals surface area contributed by atoms with E-state index in [-0.39, 0.29) is 11.2 Å². The van der Waals surface area contributed by atoms with Crippen molar-refractivity contribution in [3.05, 3.63) is 28.2 Å². The number of aromatic hydroxyl groups is 1. The van der Waals surface area contributed by atoms with Crippen LogP contribution in [0, 0.1) is 0 Å². The van der Waals surface area contributed by atoms with Crippen molar-refractivity contribution >= 4 is 0 Å². The number of hydrogen-bond acceptors (Lipinski definition) is 3. The molecule has 118 valence electrons. The van der Waals surface area contributed by atoms with E-state index < -0.39 is 0 Å². The van der Waals surface area contributed by atoms with Gasteiger partial charge in [0.05, 0.1) is 6.20 Å². The van der Waals surface area contributed by atoms with Crippen molar-refractivity contribution in [1.82, 2.24) is 9.47 Å². The molecule has 0 aromatic carbocycles. The Balaban J connectivity index is 2.27. The number of pyridine rings is 1. The maximum absolute atomic E-state index is 11.8. The quantitative estimate of drug-likeness (QED) is 0.838. The number of aromatic nitrogens is 1. The molecule has 0 aliphatic heterocycles. The molecule has 4 nitrogen and oxygen atoms in total. The Morgan fingerprint density at radius 3 is 2.43 bits per heavy atom. The second kappa shape index (κ2) is 7.64. The van der Waals surface area contributed by atoms with Crippen molar-refractivity contribution in [2.45, 2.75) is 65.0 Å². The van der Waals surface area contributed by atoms with Crippen LogP contribution in [0.5, 0.6) is 5.75 Å². The van der Waals surface area contributed by atoms with Gasteiger partial charge in [0.1, 0.15) is 0 Å². The Morgan fingerprint density at radius 2 is 1.86 bits per heavy atom. The van der Waals surface area contributed by atoms with Crippen molar-refractivity contribution in [3.8, 4) is 5.75 Å². The van der Waals surface area contributed by atoms with E-state index in [1.54, 1.807) is 12.3 Å². The summed E-state index contributed by atoms with van der Waals surface area (Å²) in [5.41, 5.74) is 0.791. The van der Waals surface area contributed by atoms with Crippen LogP contribution in [0.25, 0.3) is 0 Å². The monoisotopic (exact) mass is 292 g/mol. The van der Waals surface area contributed by atoms with Gasteiger partial charge in [-0.05, 0) is 38.8 Å². The van der Waals surface area contributed by atoms with Gasteiger partial charge in [-0.15, -0.1) is 0 Å². The molecule has 0 bridgehead atoms. The predicted octanol–water partition coefficient (Wildman–Crippen LogP) is 3.29. The summed E-state index contributed by atoms with van der Waals surface area (Å²) in [6.45, 7) is 7.27. The zero-order valence-electron chi connectivity index (χ0n) is 13.3. The van der Waals surface area contributed by atoms with Gasteiger partial charge in [0, 0.05) is 24.3 Å². The minimum atomic E-state index is -0.257. The maximum Gasteiger partial charge on any atom is 0.223 e. The average Bonchev–Trinajstić information content (AvgIpc) is 2.97. The highest BCUT2D eigenvalue weighted by Crippen LogP contribution is 2.31. The Labute approximate surface area is 127 Å². The van der Waals surface area contributed by atoms with Crippen molar-refractivity contribution in [2.75, 3.05) is 13.1 Å². The van der Waals surface area contributed by atoms with E-state index in [4.69, 9.17) is 0 Å². The van der Waals surface area contributed by atoms with E-state index in [2.05, 4.69) is 23.3 Å². The molecule has 0 amide bonds. The van der Waals surface area contributed by atoms with Crippen molar-refractivity contribution < 1.29 is 5.11 Å². The standard InChI is InChI=1S/C17H28N2O2/c1-3-9-18(10-4-2)12-15-11-16(20)17(21)13-19(15)14-7-5-6-8-14/h11,13-14,21H,3-10,12H2,1-2H3. The van der Waals surface area contributed by atoms with Crippen molar-refractivity contribution in [2.24, 2.45) is 0 Å². The van der Waals surface area contributed by atoms with Crippen LogP contribution in [-0.4, -0.2) is 27.7 Å². The summed E-state index contributed by atoms with van der Waals surface area (Å²) < 4.78 is 2.15. The lowest BCUT2D eigenvalue weighted by Crippen LogP contribution is -2.28. The first kappa shape index (κ1) is 16.1. The molecule has 1 aliphatic carbocycles. The molecular weight excluding hydrogens is 264 g/mol. The van der Waals surface area contributed by atoms with Gasteiger partial charge in [0.2, 0.25) is 5.43 Å². The molecule has 1 aliphatic rings. The lowest BCUT2D eigenvalue weighted by Gasteiger charge is -2.26. The van der Waals surface area contributed by atoms with Gasteiger partial charge in [0.15, 0.2) is 5.75 Å². The normalized spacial score (nSPS) is 16.0. The minimum absolute atomic E-state index is 0.122. The first-order valence-corrected chi connectivity index (χ1v) is 8.32. The summed E-state index contributed by atoms with van der Waals surface area (Å²) in [7, 11) is 0. The van der Waals surface area contributed by atoms with Crippen LogP contribution in [0.2, 0.25) is 0 Å². The third kappa shape index (κ3) is 4.10. The Kier molecular flexibility index (Phi) is 5.85. The van der Waals surface area contributed by atoms with Gasteiger partial charge in [-0.3, -0.25) is 9.69 Å². The van der Waals surface area contributed by atoms with Gasteiger partial charge in [-0.1, -0.05) is 26.7 Å². The van der Waals surface area contributed by atoms with Crippen LogP contribution < -0.4 is 5.43 Å². The smallest absolute Gasteiger partial charge is 0.223 e. The molecule has 1 saturated carbocycles. The molecule has 1 heterocycles. The molecule has 1 N–H and O–H groups in total. The van der Waals surface area contributed by atoms with E-state index in [0.717, 1.165) is 51.0 Å². The fourth-order valence-electron chi connectivity index (χ4n) is 3.36. The Morgan fingerprint density at radius 1 is 1.24 bits per heavy atom. The van der Waals surface area contributed by atoms with Gasteiger partial charge < -0.3 is 9.67 Å². The van der Waals surface area contributed by atoms with E-state index >= 15 is 0 Å². The van der Waals surface area contributed by atoms with Gasteiger partial charge in [-0.25, -0.2) is 0 Å². The summed E-state index contributed by atoms with van der Waals surface area (Å²) >= 11 is 0.